The number of rotatable bonds is 6. The van der Waals surface area contributed by atoms with Crippen molar-refractivity contribution in [3.63, 3.8) is 0 Å². The van der Waals surface area contributed by atoms with Crippen LogP contribution < -0.4 is 16.0 Å². The molecular formula is C21H23N5O4S. The molecule has 10 heteroatoms. The molecule has 2 aromatic rings. The SMILES string of the molecule is CC(=O)Nc1ccc(-c2csc(NC(=O)CCN3C(=O)NC4(CCCC4)C3=O)n2)cc1. The average molecular weight is 442 g/mol. The summed E-state index contributed by atoms with van der Waals surface area (Å²) in [4.78, 5) is 53.8. The molecule has 5 amide bonds. The molecule has 1 aromatic carbocycles. The van der Waals surface area contributed by atoms with E-state index >= 15 is 0 Å². The Hall–Kier alpha value is -3.27. The van der Waals surface area contributed by atoms with E-state index in [1.54, 1.807) is 12.1 Å². The monoisotopic (exact) mass is 441 g/mol. The van der Waals surface area contributed by atoms with Crippen molar-refractivity contribution in [1.82, 2.24) is 15.2 Å². The van der Waals surface area contributed by atoms with Gasteiger partial charge in [-0.05, 0) is 25.0 Å². The molecule has 0 bridgehead atoms. The molecule has 9 nitrogen and oxygen atoms in total. The summed E-state index contributed by atoms with van der Waals surface area (Å²) in [6.45, 7) is 1.49. The number of imide groups is 1. The highest BCUT2D eigenvalue weighted by Crippen LogP contribution is 2.35. The number of hydrogen-bond donors (Lipinski definition) is 3. The highest BCUT2D eigenvalue weighted by molar-refractivity contribution is 7.14. The second kappa shape index (κ2) is 8.46. The highest BCUT2D eigenvalue weighted by Gasteiger charge is 2.52. The molecule has 0 atom stereocenters. The number of anilines is 2. The van der Waals surface area contributed by atoms with Crippen LogP contribution in [0.3, 0.4) is 0 Å². The topological polar surface area (TPSA) is 121 Å². The molecule has 2 aliphatic rings. The van der Waals surface area contributed by atoms with Crippen LogP contribution in [0.15, 0.2) is 29.6 Å². The molecule has 1 aliphatic carbocycles. The van der Waals surface area contributed by atoms with Gasteiger partial charge in [0.1, 0.15) is 5.54 Å². The lowest BCUT2D eigenvalue weighted by molar-refractivity contribution is -0.131. The fourth-order valence-electron chi connectivity index (χ4n) is 3.98. The Kier molecular flexibility index (Phi) is 5.73. The molecule has 1 spiro atoms. The summed E-state index contributed by atoms with van der Waals surface area (Å²) < 4.78 is 0. The molecule has 1 saturated carbocycles. The lowest BCUT2D eigenvalue weighted by Crippen LogP contribution is -2.44. The van der Waals surface area contributed by atoms with Crippen molar-refractivity contribution < 1.29 is 19.2 Å². The first-order valence-corrected chi connectivity index (χ1v) is 11.0. The van der Waals surface area contributed by atoms with Crippen LogP contribution in [0.25, 0.3) is 11.3 Å². The molecule has 162 valence electrons. The number of amides is 5. The predicted molar refractivity (Wildman–Crippen MR) is 117 cm³/mol. The van der Waals surface area contributed by atoms with Gasteiger partial charge in [0, 0.05) is 36.5 Å². The standard InChI is InChI=1S/C21H23N5O4S/c1-13(27)22-15-6-4-14(5-7-15)16-12-31-19(23-16)24-17(28)8-11-26-18(29)21(25-20(26)30)9-2-3-10-21/h4-7,12H,2-3,8-11H2,1H3,(H,22,27)(H,25,30)(H,23,24,28). The molecule has 0 unspecified atom stereocenters. The molecule has 0 radical (unpaired) electrons. The van der Waals surface area contributed by atoms with Crippen molar-refractivity contribution in [2.24, 2.45) is 0 Å². The summed E-state index contributed by atoms with van der Waals surface area (Å²) in [7, 11) is 0. The molecule has 1 saturated heterocycles. The number of thiazole rings is 1. The minimum atomic E-state index is -0.757. The van der Waals surface area contributed by atoms with Gasteiger partial charge < -0.3 is 16.0 Å². The molecular weight excluding hydrogens is 418 g/mol. The van der Waals surface area contributed by atoms with Gasteiger partial charge in [-0.25, -0.2) is 9.78 Å². The molecule has 1 aliphatic heterocycles. The fraction of sp³-hybridized carbons (Fsp3) is 0.381. The maximum atomic E-state index is 12.6. The van der Waals surface area contributed by atoms with E-state index in [4.69, 9.17) is 0 Å². The Labute approximate surface area is 183 Å². The van der Waals surface area contributed by atoms with E-state index in [2.05, 4.69) is 20.9 Å². The zero-order chi connectivity index (χ0) is 22.0. The molecule has 4 rings (SSSR count). The lowest BCUT2D eigenvalue weighted by Gasteiger charge is -2.19. The Morgan fingerprint density at radius 3 is 2.55 bits per heavy atom. The van der Waals surface area contributed by atoms with Gasteiger partial charge in [0.15, 0.2) is 5.13 Å². The average Bonchev–Trinajstić information content (AvgIpc) is 3.43. The van der Waals surface area contributed by atoms with E-state index in [0.717, 1.165) is 23.3 Å². The van der Waals surface area contributed by atoms with Gasteiger partial charge in [-0.1, -0.05) is 25.0 Å². The Bertz CT molecular complexity index is 1030. The third kappa shape index (κ3) is 4.43. The first-order chi connectivity index (χ1) is 14.9. The quantitative estimate of drug-likeness (QED) is 0.595. The summed E-state index contributed by atoms with van der Waals surface area (Å²) in [6, 6.07) is 6.82. The number of carbonyl (C=O) groups excluding carboxylic acids is 4. The summed E-state index contributed by atoms with van der Waals surface area (Å²) in [5.74, 6) is -0.671. The predicted octanol–water partition coefficient (Wildman–Crippen LogP) is 2.96. The number of carbonyl (C=O) groups is 4. The number of nitrogens with one attached hydrogen (secondary N) is 3. The van der Waals surface area contributed by atoms with Gasteiger partial charge >= 0.3 is 6.03 Å². The molecule has 1 aromatic heterocycles. The van der Waals surface area contributed by atoms with Crippen molar-refractivity contribution >= 4 is 45.9 Å². The molecule has 31 heavy (non-hydrogen) atoms. The van der Waals surface area contributed by atoms with Crippen LogP contribution in [-0.2, 0) is 14.4 Å². The zero-order valence-corrected chi connectivity index (χ0v) is 17.9. The highest BCUT2D eigenvalue weighted by atomic mass is 32.1. The van der Waals surface area contributed by atoms with Gasteiger partial charge in [-0.2, -0.15) is 0 Å². The van der Waals surface area contributed by atoms with Gasteiger partial charge in [0.05, 0.1) is 5.69 Å². The molecule has 2 heterocycles. The maximum absolute atomic E-state index is 12.6. The summed E-state index contributed by atoms with van der Waals surface area (Å²) in [5, 5.41) is 10.5. The number of hydrogen-bond acceptors (Lipinski definition) is 6. The van der Waals surface area contributed by atoms with Gasteiger partial charge in [-0.3, -0.25) is 19.3 Å². The van der Waals surface area contributed by atoms with Crippen LogP contribution in [0, 0.1) is 0 Å². The second-order valence-electron chi connectivity index (χ2n) is 7.77. The summed E-state index contributed by atoms with van der Waals surface area (Å²) >= 11 is 1.29. The van der Waals surface area contributed by atoms with E-state index in [0.29, 0.717) is 29.4 Å². The number of benzene rings is 1. The van der Waals surface area contributed by atoms with Crippen molar-refractivity contribution in [3.8, 4) is 11.3 Å². The Morgan fingerprint density at radius 1 is 1.16 bits per heavy atom. The minimum absolute atomic E-state index is 0.00949. The largest absolute Gasteiger partial charge is 0.326 e. The third-order valence-corrected chi connectivity index (χ3v) is 6.27. The van der Waals surface area contributed by atoms with E-state index in [1.165, 1.54) is 18.3 Å². The third-order valence-electron chi connectivity index (χ3n) is 5.52. The van der Waals surface area contributed by atoms with Gasteiger partial charge in [0.25, 0.3) is 5.91 Å². The van der Waals surface area contributed by atoms with Crippen molar-refractivity contribution in [2.75, 3.05) is 17.2 Å². The van der Waals surface area contributed by atoms with Gasteiger partial charge in [-0.15, -0.1) is 11.3 Å². The van der Waals surface area contributed by atoms with Crippen molar-refractivity contribution in [1.29, 1.82) is 0 Å². The minimum Gasteiger partial charge on any atom is -0.326 e. The van der Waals surface area contributed by atoms with Crippen LogP contribution in [0.4, 0.5) is 15.6 Å². The van der Waals surface area contributed by atoms with Crippen molar-refractivity contribution in [2.45, 2.75) is 44.6 Å². The first-order valence-electron chi connectivity index (χ1n) is 10.1. The maximum Gasteiger partial charge on any atom is 0.325 e. The van der Waals surface area contributed by atoms with E-state index in [1.807, 2.05) is 17.5 Å². The van der Waals surface area contributed by atoms with E-state index < -0.39 is 11.6 Å². The lowest BCUT2D eigenvalue weighted by atomic mass is 9.98. The normalized spacial score (nSPS) is 17.1. The number of aromatic nitrogens is 1. The van der Waals surface area contributed by atoms with Crippen molar-refractivity contribution in [3.05, 3.63) is 29.6 Å². The summed E-state index contributed by atoms with van der Waals surface area (Å²) in [5.41, 5.74) is 1.49. The van der Waals surface area contributed by atoms with Crippen LogP contribution in [0.5, 0.6) is 0 Å². The van der Waals surface area contributed by atoms with Gasteiger partial charge in [0.2, 0.25) is 11.8 Å². The zero-order valence-electron chi connectivity index (χ0n) is 17.1. The number of nitrogens with zero attached hydrogens (tertiary/aromatic N) is 2. The van der Waals surface area contributed by atoms with Crippen LogP contribution in [-0.4, -0.2) is 45.7 Å². The fourth-order valence-corrected chi connectivity index (χ4v) is 4.72. The van der Waals surface area contributed by atoms with Crippen LogP contribution in [0.1, 0.15) is 39.0 Å². The second-order valence-corrected chi connectivity index (χ2v) is 8.63. The first kappa shape index (κ1) is 21.0. The van der Waals surface area contributed by atoms with Crippen LogP contribution >= 0.6 is 11.3 Å². The summed E-state index contributed by atoms with van der Waals surface area (Å²) in [6.07, 6.45) is 3.17. The van der Waals surface area contributed by atoms with E-state index in [9.17, 15) is 19.2 Å². The molecule has 2 fully saturated rings. The van der Waals surface area contributed by atoms with Crippen LogP contribution in [0.2, 0.25) is 0 Å². The Balaban J connectivity index is 1.32. The Morgan fingerprint density at radius 2 is 1.87 bits per heavy atom. The van der Waals surface area contributed by atoms with E-state index in [-0.39, 0.29) is 30.7 Å². The smallest absolute Gasteiger partial charge is 0.325 e. The number of urea groups is 1. The molecule has 3 N–H and O–H groups in total.